The van der Waals surface area contributed by atoms with Gasteiger partial charge in [0.1, 0.15) is 0 Å². The Balaban J connectivity index is 2.55. The van der Waals surface area contributed by atoms with Crippen molar-refractivity contribution in [2.45, 2.75) is 52.5 Å². The predicted molar refractivity (Wildman–Crippen MR) is 89.3 cm³/mol. The van der Waals surface area contributed by atoms with Crippen molar-refractivity contribution >= 4 is 21.7 Å². The highest BCUT2D eigenvalue weighted by atomic mass is 79.9. The van der Waals surface area contributed by atoms with Crippen LogP contribution in [0.1, 0.15) is 56.8 Å². The smallest absolute Gasteiger partial charge is 0.164 e. The first-order valence-electron chi connectivity index (χ1n) is 7.61. The molecule has 0 heterocycles. The van der Waals surface area contributed by atoms with E-state index in [0.29, 0.717) is 12.5 Å². The summed E-state index contributed by atoms with van der Waals surface area (Å²) in [6.07, 6.45) is 4.14. The summed E-state index contributed by atoms with van der Waals surface area (Å²) >= 11 is 3.42. The Bertz CT molecular complexity index is 419. The van der Waals surface area contributed by atoms with Crippen molar-refractivity contribution in [1.29, 1.82) is 0 Å². The standard InChI is InChI=1S/C17H26BrNO/c1-4-6-11-19(14(3)5-2)12-10-17(20)15-8-7-9-16(18)13-15/h7-9,13-14H,4-6,10-12H2,1-3H3. The van der Waals surface area contributed by atoms with Crippen molar-refractivity contribution in [1.82, 2.24) is 4.90 Å². The van der Waals surface area contributed by atoms with Crippen molar-refractivity contribution in [3.63, 3.8) is 0 Å². The van der Waals surface area contributed by atoms with Crippen LogP contribution in [0.5, 0.6) is 0 Å². The normalized spacial score (nSPS) is 12.7. The maximum atomic E-state index is 12.2. The maximum Gasteiger partial charge on any atom is 0.164 e. The van der Waals surface area contributed by atoms with Gasteiger partial charge in [0.05, 0.1) is 0 Å². The molecule has 1 unspecified atom stereocenters. The fourth-order valence-corrected chi connectivity index (χ4v) is 2.62. The van der Waals surface area contributed by atoms with E-state index < -0.39 is 0 Å². The van der Waals surface area contributed by atoms with Gasteiger partial charge in [0, 0.05) is 29.0 Å². The van der Waals surface area contributed by atoms with E-state index in [4.69, 9.17) is 0 Å². The number of halogens is 1. The SMILES string of the molecule is CCCCN(CCC(=O)c1cccc(Br)c1)C(C)CC. The molecule has 1 aromatic carbocycles. The van der Waals surface area contributed by atoms with E-state index in [-0.39, 0.29) is 5.78 Å². The van der Waals surface area contributed by atoms with Crippen LogP contribution in [0.15, 0.2) is 28.7 Å². The average molecular weight is 340 g/mol. The number of carbonyl (C=O) groups is 1. The minimum absolute atomic E-state index is 0.233. The molecule has 0 aliphatic carbocycles. The van der Waals surface area contributed by atoms with Crippen molar-refractivity contribution < 1.29 is 4.79 Å². The summed E-state index contributed by atoms with van der Waals surface area (Å²) in [6, 6.07) is 8.22. The Morgan fingerprint density at radius 1 is 1.30 bits per heavy atom. The molecule has 3 heteroatoms. The molecule has 2 nitrogen and oxygen atoms in total. The number of rotatable bonds is 9. The summed E-state index contributed by atoms with van der Waals surface area (Å²) < 4.78 is 0.966. The van der Waals surface area contributed by atoms with Crippen LogP contribution >= 0.6 is 15.9 Å². The average Bonchev–Trinajstić information content (AvgIpc) is 2.46. The van der Waals surface area contributed by atoms with E-state index in [1.165, 1.54) is 12.8 Å². The molecular weight excluding hydrogens is 314 g/mol. The van der Waals surface area contributed by atoms with Gasteiger partial charge in [-0.15, -0.1) is 0 Å². The second kappa shape index (κ2) is 9.30. The molecule has 0 N–H and O–H groups in total. The second-order valence-corrected chi connectivity index (χ2v) is 6.25. The van der Waals surface area contributed by atoms with Gasteiger partial charge < -0.3 is 4.90 Å². The molecule has 0 saturated carbocycles. The first kappa shape index (κ1) is 17.4. The highest BCUT2D eigenvalue weighted by Gasteiger charge is 2.14. The largest absolute Gasteiger partial charge is 0.300 e. The minimum Gasteiger partial charge on any atom is -0.300 e. The summed E-state index contributed by atoms with van der Waals surface area (Å²) in [5.74, 6) is 0.233. The summed E-state index contributed by atoms with van der Waals surface area (Å²) in [5.41, 5.74) is 0.805. The highest BCUT2D eigenvalue weighted by molar-refractivity contribution is 9.10. The molecule has 0 aliphatic heterocycles. The van der Waals surface area contributed by atoms with Gasteiger partial charge in [0.25, 0.3) is 0 Å². The zero-order valence-electron chi connectivity index (χ0n) is 12.9. The van der Waals surface area contributed by atoms with Crippen LogP contribution in [-0.2, 0) is 0 Å². The topological polar surface area (TPSA) is 20.3 Å². The van der Waals surface area contributed by atoms with Crippen molar-refractivity contribution in [2.75, 3.05) is 13.1 Å². The van der Waals surface area contributed by atoms with Gasteiger partial charge in [-0.1, -0.05) is 48.3 Å². The number of ketones is 1. The molecule has 112 valence electrons. The molecule has 0 bridgehead atoms. The second-order valence-electron chi connectivity index (χ2n) is 5.33. The monoisotopic (exact) mass is 339 g/mol. The number of hydrogen-bond acceptors (Lipinski definition) is 2. The first-order chi connectivity index (χ1) is 9.58. The van der Waals surface area contributed by atoms with E-state index in [0.717, 1.165) is 29.5 Å². The summed E-state index contributed by atoms with van der Waals surface area (Å²) in [5, 5.41) is 0. The predicted octanol–water partition coefficient (Wildman–Crippen LogP) is 4.92. The molecule has 0 saturated heterocycles. The molecular formula is C17H26BrNO. The lowest BCUT2D eigenvalue weighted by Crippen LogP contribution is -2.35. The van der Waals surface area contributed by atoms with Gasteiger partial charge in [0.15, 0.2) is 5.78 Å². The third-order valence-corrected chi connectivity index (χ3v) is 4.28. The Kier molecular flexibility index (Phi) is 8.08. The number of benzene rings is 1. The number of carbonyl (C=O) groups excluding carboxylic acids is 1. The summed E-state index contributed by atoms with van der Waals surface area (Å²) in [4.78, 5) is 14.7. The van der Waals surface area contributed by atoms with Crippen LogP contribution in [0.3, 0.4) is 0 Å². The number of hydrogen-bond donors (Lipinski definition) is 0. The summed E-state index contributed by atoms with van der Waals surface area (Å²) in [7, 11) is 0. The van der Waals surface area contributed by atoms with Crippen LogP contribution in [-0.4, -0.2) is 29.8 Å². The number of nitrogens with zero attached hydrogens (tertiary/aromatic N) is 1. The zero-order chi connectivity index (χ0) is 15.0. The lowest BCUT2D eigenvalue weighted by atomic mass is 10.1. The van der Waals surface area contributed by atoms with Gasteiger partial charge in [0.2, 0.25) is 0 Å². The molecule has 20 heavy (non-hydrogen) atoms. The third-order valence-electron chi connectivity index (χ3n) is 3.79. The molecule has 0 aromatic heterocycles. The fraction of sp³-hybridized carbons (Fsp3) is 0.588. The van der Waals surface area contributed by atoms with E-state index in [2.05, 4.69) is 41.6 Å². The van der Waals surface area contributed by atoms with E-state index in [1.807, 2.05) is 24.3 Å². The van der Waals surface area contributed by atoms with E-state index in [9.17, 15) is 4.79 Å². The van der Waals surface area contributed by atoms with Crippen molar-refractivity contribution in [3.05, 3.63) is 34.3 Å². The summed E-state index contributed by atoms with van der Waals surface area (Å²) in [6.45, 7) is 8.62. The van der Waals surface area contributed by atoms with Crippen LogP contribution in [0.25, 0.3) is 0 Å². The van der Waals surface area contributed by atoms with Crippen LogP contribution in [0.4, 0.5) is 0 Å². The Morgan fingerprint density at radius 2 is 2.05 bits per heavy atom. The van der Waals surface area contributed by atoms with Crippen LogP contribution in [0, 0.1) is 0 Å². The molecule has 1 aromatic rings. The minimum atomic E-state index is 0.233. The highest BCUT2D eigenvalue weighted by Crippen LogP contribution is 2.14. The van der Waals surface area contributed by atoms with Crippen molar-refractivity contribution in [3.8, 4) is 0 Å². The molecule has 0 fully saturated rings. The molecule has 1 atom stereocenters. The van der Waals surface area contributed by atoms with Gasteiger partial charge >= 0.3 is 0 Å². The first-order valence-corrected chi connectivity index (χ1v) is 8.40. The molecule has 0 aliphatic rings. The quantitative estimate of drug-likeness (QED) is 0.595. The Hall–Kier alpha value is -0.670. The molecule has 0 amide bonds. The molecule has 0 radical (unpaired) electrons. The van der Waals surface area contributed by atoms with Gasteiger partial charge in [-0.25, -0.2) is 0 Å². The van der Waals surface area contributed by atoms with Crippen molar-refractivity contribution in [2.24, 2.45) is 0 Å². The lowest BCUT2D eigenvalue weighted by Gasteiger charge is -2.28. The lowest BCUT2D eigenvalue weighted by molar-refractivity contribution is 0.0951. The zero-order valence-corrected chi connectivity index (χ0v) is 14.4. The van der Waals surface area contributed by atoms with Crippen LogP contribution < -0.4 is 0 Å². The number of unbranched alkanes of at least 4 members (excludes halogenated alkanes) is 1. The molecule has 1 rings (SSSR count). The van der Waals surface area contributed by atoms with E-state index >= 15 is 0 Å². The van der Waals surface area contributed by atoms with Gasteiger partial charge in [-0.3, -0.25) is 4.79 Å². The van der Waals surface area contributed by atoms with E-state index in [1.54, 1.807) is 0 Å². The fourth-order valence-electron chi connectivity index (χ4n) is 2.22. The maximum absolute atomic E-state index is 12.2. The van der Waals surface area contributed by atoms with Crippen LogP contribution in [0.2, 0.25) is 0 Å². The number of Topliss-reactive ketones (excluding diaryl/α,β-unsaturated/α-hetero) is 1. The molecule has 0 spiro atoms. The Labute approximate surface area is 131 Å². The van der Waals surface area contributed by atoms with Gasteiger partial charge in [-0.2, -0.15) is 0 Å². The van der Waals surface area contributed by atoms with Gasteiger partial charge in [-0.05, 0) is 38.4 Å². The Morgan fingerprint density at radius 3 is 2.65 bits per heavy atom. The third kappa shape index (κ3) is 5.76.